The number of nitrogens with one attached hydrogen (secondary N) is 1. The van der Waals surface area contributed by atoms with Crippen LogP contribution in [0.25, 0.3) is 16.9 Å². The molecular weight excluding hydrogens is 466 g/mol. The molecule has 3 aromatic carbocycles. The molecule has 0 saturated heterocycles. The first-order valence-corrected chi connectivity index (χ1v) is 11.9. The van der Waals surface area contributed by atoms with Crippen LogP contribution in [-0.2, 0) is 13.1 Å². The van der Waals surface area contributed by atoms with Gasteiger partial charge in [0.15, 0.2) is 11.5 Å². The molecule has 1 N–H and O–H groups in total. The van der Waals surface area contributed by atoms with Crippen LogP contribution < -0.4 is 14.8 Å². The van der Waals surface area contributed by atoms with Gasteiger partial charge in [-0.25, -0.2) is 4.68 Å². The lowest BCUT2D eigenvalue weighted by Gasteiger charge is -2.09. The van der Waals surface area contributed by atoms with Gasteiger partial charge >= 0.3 is 0 Å². The second-order valence-electron chi connectivity index (χ2n) is 8.46. The van der Waals surface area contributed by atoms with E-state index in [-0.39, 0.29) is 5.91 Å². The molecule has 2 heterocycles. The molecule has 0 fully saturated rings. The average molecular weight is 494 g/mol. The maximum atomic E-state index is 13.4. The molecule has 0 radical (unpaired) electrons. The number of carbonyl (C=O) groups is 1. The predicted octanol–water partition coefficient (Wildman–Crippen LogP) is 4.73. The van der Waals surface area contributed by atoms with Crippen LogP contribution >= 0.6 is 0 Å². The summed E-state index contributed by atoms with van der Waals surface area (Å²) in [7, 11) is 3.17. The molecule has 8 heteroatoms. The first kappa shape index (κ1) is 23.9. The highest BCUT2D eigenvalue weighted by atomic mass is 16.5. The van der Waals surface area contributed by atoms with Crippen LogP contribution in [0, 0.1) is 0 Å². The fourth-order valence-corrected chi connectivity index (χ4v) is 4.09. The van der Waals surface area contributed by atoms with E-state index < -0.39 is 0 Å². The van der Waals surface area contributed by atoms with Crippen LogP contribution in [0.2, 0.25) is 0 Å². The number of hydrogen-bond acceptors (Lipinski definition) is 5. The van der Waals surface area contributed by atoms with Gasteiger partial charge < -0.3 is 14.8 Å². The summed E-state index contributed by atoms with van der Waals surface area (Å²) in [5, 5.41) is 12.2. The Kier molecular flexibility index (Phi) is 6.98. The van der Waals surface area contributed by atoms with Crippen molar-refractivity contribution in [3.05, 3.63) is 114 Å². The number of benzene rings is 3. The van der Waals surface area contributed by atoms with E-state index in [4.69, 9.17) is 14.6 Å². The average Bonchev–Trinajstić information content (AvgIpc) is 3.60. The largest absolute Gasteiger partial charge is 0.493 e. The Labute approximate surface area is 215 Å². The zero-order chi connectivity index (χ0) is 25.6. The third kappa shape index (κ3) is 5.38. The van der Waals surface area contributed by atoms with Crippen molar-refractivity contribution in [2.24, 2.45) is 0 Å². The smallest absolute Gasteiger partial charge is 0.255 e. The molecule has 0 spiro atoms. The van der Waals surface area contributed by atoms with E-state index in [1.807, 2.05) is 85.1 Å². The number of methoxy groups -OCH3 is 2. The molecule has 8 nitrogen and oxygen atoms in total. The molecule has 0 atom stereocenters. The van der Waals surface area contributed by atoms with Crippen molar-refractivity contribution in [2.75, 3.05) is 14.2 Å². The van der Waals surface area contributed by atoms with Crippen molar-refractivity contribution in [3.63, 3.8) is 0 Å². The van der Waals surface area contributed by atoms with Gasteiger partial charge in [0.2, 0.25) is 0 Å². The van der Waals surface area contributed by atoms with E-state index in [0.29, 0.717) is 35.8 Å². The van der Waals surface area contributed by atoms with E-state index in [2.05, 4.69) is 10.4 Å². The lowest BCUT2D eigenvalue weighted by Crippen LogP contribution is -2.22. The highest BCUT2D eigenvalue weighted by Crippen LogP contribution is 2.33. The first-order chi connectivity index (χ1) is 18.1. The molecule has 0 aliphatic heterocycles. The zero-order valence-corrected chi connectivity index (χ0v) is 20.7. The summed E-state index contributed by atoms with van der Waals surface area (Å²) in [5.74, 6) is 0.949. The quantitative estimate of drug-likeness (QED) is 0.321. The van der Waals surface area contributed by atoms with E-state index in [1.54, 1.807) is 36.0 Å². The van der Waals surface area contributed by atoms with Crippen molar-refractivity contribution < 1.29 is 14.3 Å². The topological polar surface area (TPSA) is 83.2 Å². The van der Waals surface area contributed by atoms with Gasteiger partial charge in [-0.15, -0.1) is 0 Å². The van der Waals surface area contributed by atoms with Gasteiger partial charge in [-0.05, 0) is 35.9 Å². The van der Waals surface area contributed by atoms with Crippen LogP contribution in [0.15, 0.2) is 97.5 Å². The molecule has 186 valence electrons. The van der Waals surface area contributed by atoms with Crippen molar-refractivity contribution in [1.29, 1.82) is 0 Å². The maximum Gasteiger partial charge on any atom is 0.255 e. The summed E-state index contributed by atoms with van der Waals surface area (Å²) in [6, 6.07) is 25.3. The molecule has 2 aromatic heterocycles. The summed E-state index contributed by atoms with van der Waals surface area (Å²) < 4.78 is 14.4. The van der Waals surface area contributed by atoms with Crippen LogP contribution in [0.1, 0.15) is 21.5 Å². The molecular formula is C29H27N5O3. The number of amides is 1. The number of nitrogens with zero attached hydrogens (tertiary/aromatic N) is 4. The molecule has 0 unspecified atom stereocenters. The van der Waals surface area contributed by atoms with Crippen molar-refractivity contribution in [3.8, 4) is 28.4 Å². The number of aromatic nitrogens is 4. The van der Waals surface area contributed by atoms with Crippen molar-refractivity contribution in [2.45, 2.75) is 13.1 Å². The lowest BCUT2D eigenvalue weighted by molar-refractivity contribution is 0.0951. The monoisotopic (exact) mass is 493 g/mol. The van der Waals surface area contributed by atoms with Crippen molar-refractivity contribution in [1.82, 2.24) is 24.9 Å². The summed E-state index contributed by atoms with van der Waals surface area (Å²) in [6.45, 7) is 0.874. The normalized spacial score (nSPS) is 10.8. The second-order valence-corrected chi connectivity index (χ2v) is 8.46. The van der Waals surface area contributed by atoms with E-state index in [0.717, 1.165) is 22.4 Å². The standard InChI is InChI=1S/C29H27N5O3/c1-36-26-14-13-23(15-27(26)37-2)28-25(20-33(32-28)18-21-9-5-3-6-10-21)29(35)30-16-22-17-31-34(19-22)24-11-7-4-8-12-24/h3-15,17,19-20H,16,18H2,1-2H3,(H,30,35). The summed E-state index contributed by atoms with van der Waals surface area (Å²) in [4.78, 5) is 13.4. The number of rotatable bonds is 9. The molecule has 0 bridgehead atoms. The lowest BCUT2D eigenvalue weighted by atomic mass is 10.1. The molecule has 0 aliphatic rings. The molecule has 5 rings (SSSR count). The van der Waals surface area contributed by atoms with E-state index in [1.165, 1.54) is 0 Å². The van der Waals surface area contributed by atoms with Gasteiger partial charge in [-0.3, -0.25) is 9.48 Å². The van der Waals surface area contributed by atoms with E-state index in [9.17, 15) is 4.79 Å². The van der Waals surface area contributed by atoms with Crippen LogP contribution in [-0.4, -0.2) is 39.7 Å². The summed E-state index contributed by atoms with van der Waals surface area (Å²) in [5.41, 5.74) is 4.73. The second kappa shape index (κ2) is 10.8. The fourth-order valence-electron chi connectivity index (χ4n) is 4.09. The maximum absolute atomic E-state index is 13.4. The summed E-state index contributed by atoms with van der Waals surface area (Å²) >= 11 is 0. The number of carbonyl (C=O) groups excluding carboxylic acids is 1. The number of para-hydroxylation sites is 1. The fraction of sp³-hybridized carbons (Fsp3) is 0.138. The molecule has 0 aliphatic carbocycles. The van der Waals surface area contributed by atoms with E-state index >= 15 is 0 Å². The highest BCUT2D eigenvalue weighted by Gasteiger charge is 2.20. The minimum atomic E-state index is -0.225. The van der Waals surface area contributed by atoms with Crippen LogP contribution in [0.4, 0.5) is 0 Å². The Morgan fingerprint density at radius 1 is 0.865 bits per heavy atom. The number of ether oxygens (including phenoxy) is 2. The Hall–Kier alpha value is -4.85. The molecule has 5 aromatic rings. The van der Waals surface area contributed by atoms with Gasteiger partial charge in [0.1, 0.15) is 5.69 Å². The van der Waals surface area contributed by atoms with Crippen LogP contribution in [0.3, 0.4) is 0 Å². The number of hydrogen-bond donors (Lipinski definition) is 1. The third-order valence-electron chi connectivity index (χ3n) is 5.96. The minimum Gasteiger partial charge on any atom is -0.493 e. The van der Waals surface area contributed by atoms with Gasteiger partial charge in [-0.2, -0.15) is 10.2 Å². The SMILES string of the molecule is COc1ccc(-c2nn(Cc3ccccc3)cc2C(=O)NCc2cnn(-c3ccccc3)c2)cc1OC. The minimum absolute atomic E-state index is 0.225. The van der Waals surface area contributed by atoms with Gasteiger partial charge in [0.05, 0.1) is 38.2 Å². The Balaban J connectivity index is 1.41. The Bertz CT molecular complexity index is 1490. The predicted molar refractivity (Wildman–Crippen MR) is 141 cm³/mol. The third-order valence-corrected chi connectivity index (χ3v) is 5.96. The first-order valence-electron chi connectivity index (χ1n) is 11.9. The zero-order valence-electron chi connectivity index (χ0n) is 20.7. The van der Waals surface area contributed by atoms with Gasteiger partial charge in [-0.1, -0.05) is 48.5 Å². The Morgan fingerprint density at radius 3 is 2.32 bits per heavy atom. The molecule has 1 amide bonds. The van der Waals surface area contributed by atoms with Crippen molar-refractivity contribution >= 4 is 5.91 Å². The summed E-state index contributed by atoms with van der Waals surface area (Å²) in [6.07, 6.45) is 5.44. The van der Waals surface area contributed by atoms with Gasteiger partial charge in [0.25, 0.3) is 5.91 Å². The molecule has 0 saturated carbocycles. The molecule has 37 heavy (non-hydrogen) atoms. The Morgan fingerprint density at radius 2 is 1.59 bits per heavy atom. The highest BCUT2D eigenvalue weighted by molar-refractivity contribution is 5.99. The van der Waals surface area contributed by atoms with Crippen LogP contribution in [0.5, 0.6) is 11.5 Å². The van der Waals surface area contributed by atoms with Gasteiger partial charge in [0, 0.05) is 30.1 Å².